The Kier molecular flexibility index (Phi) is 4.75. The lowest BCUT2D eigenvalue weighted by Crippen LogP contribution is -2.37. The fourth-order valence-corrected chi connectivity index (χ4v) is 2.86. The maximum atomic E-state index is 12.1. The number of rotatable bonds is 3. The third-order valence-electron chi connectivity index (χ3n) is 3.76. The molecule has 0 unspecified atom stereocenters. The quantitative estimate of drug-likeness (QED) is 0.673. The third-order valence-corrected chi connectivity index (χ3v) is 4.43. The number of nitrogens with zero attached hydrogens (tertiary/aromatic N) is 1. The number of nitrogens with one attached hydrogen (secondary N) is 1. The zero-order valence-electron chi connectivity index (χ0n) is 11.3. The summed E-state index contributed by atoms with van der Waals surface area (Å²) in [6.45, 7) is 2.22. The van der Waals surface area contributed by atoms with E-state index in [1.807, 2.05) is 0 Å². The van der Waals surface area contributed by atoms with Crippen LogP contribution in [-0.2, 0) is 0 Å². The van der Waals surface area contributed by atoms with E-state index < -0.39 is 4.92 Å². The predicted molar refractivity (Wildman–Crippen MR) is 79.7 cm³/mol. The number of halogens is 1. The van der Waals surface area contributed by atoms with Gasteiger partial charge in [-0.25, -0.2) is 0 Å². The summed E-state index contributed by atoms with van der Waals surface area (Å²) in [5.41, 5.74) is 0.244. The fraction of sp³-hybridized carbons (Fsp3) is 0.500. The van der Waals surface area contributed by atoms with Gasteiger partial charge in [0, 0.05) is 17.7 Å². The fourth-order valence-electron chi connectivity index (χ4n) is 2.47. The lowest BCUT2D eigenvalue weighted by Gasteiger charge is -2.26. The molecule has 108 valence electrons. The van der Waals surface area contributed by atoms with E-state index in [2.05, 4.69) is 28.2 Å². The highest BCUT2D eigenvalue weighted by atomic mass is 79.9. The summed E-state index contributed by atoms with van der Waals surface area (Å²) >= 11 is 3.11. The minimum absolute atomic E-state index is 0.0880. The number of carbonyl (C=O) groups is 1. The lowest BCUT2D eigenvalue weighted by atomic mass is 9.87. The zero-order chi connectivity index (χ0) is 14.7. The molecular weight excluding hydrogens is 324 g/mol. The topological polar surface area (TPSA) is 72.2 Å². The SMILES string of the molecule is CC1CCC(NC(=O)c2ccc(Br)c([N+](=O)[O-])c2)CC1. The molecule has 1 fully saturated rings. The first-order valence-corrected chi connectivity index (χ1v) is 7.51. The molecule has 1 aliphatic carbocycles. The molecule has 1 saturated carbocycles. The van der Waals surface area contributed by atoms with Crippen LogP contribution in [0.1, 0.15) is 43.0 Å². The number of nitro groups is 1. The highest BCUT2D eigenvalue weighted by molar-refractivity contribution is 9.10. The van der Waals surface area contributed by atoms with Crippen molar-refractivity contribution in [2.24, 2.45) is 5.92 Å². The van der Waals surface area contributed by atoms with Crippen molar-refractivity contribution in [3.63, 3.8) is 0 Å². The number of benzene rings is 1. The monoisotopic (exact) mass is 340 g/mol. The summed E-state index contributed by atoms with van der Waals surface area (Å²) < 4.78 is 0.380. The molecule has 1 N–H and O–H groups in total. The molecule has 0 aliphatic heterocycles. The van der Waals surface area contributed by atoms with Crippen molar-refractivity contribution in [1.82, 2.24) is 5.32 Å². The summed E-state index contributed by atoms with van der Waals surface area (Å²) in [4.78, 5) is 22.5. The van der Waals surface area contributed by atoms with Gasteiger partial charge in [-0.2, -0.15) is 0 Å². The molecule has 2 rings (SSSR count). The molecule has 0 heterocycles. The zero-order valence-corrected chi connectivity index (χ0v) is 12.9. The van der Waals surface area contributed by atoms with Gasteiger partial charge in [-0.05, 0) is 59.7 Å². The Morgan fingerprint density at radius 1 is 1.35 bits per heavy atom. The first-order valence-electron chi connectivity index (χ1n) is 6.72. The standard InChI is InChI=1S/C14H17BrN2O3/c1-9-2-5-11(6-3-9)16-14(18)10-4-7-12(15)13(8-10)17(19)20/h4,7-9,11H,2-3,5-6H2,1H3,(H,16,18). The minimum Gasteiger partial charge on any atom is -0.349 e. The first-order chi connectivity index (χ1) is 9.47. The van der Waals surface area contributed by atoms with E-state index in [4.69, 9.17) is 0 Å². The normalized spacial score (nSPS) is 22.3. The Morgan fingerprint density at radius 2 is 2.00 bits per heavy atom. The molecule has 20 heavy (non-hydrogen) atoms. The van der Waals surface area contributed by atoms with Gasteiger partial charge in [-0.15, -0.1) is 0 Å². The van der Waals surface area contributed by atoms with Crippen molar-refractivity contribution < 1.29 is 9.72 Å². The highest BCUT2D eigenvalue weighted by Gasteiger charge is 2.21. The number of nitro benzene ring substituents is 1. The molecule has 1 aromatic rings. The van der Waals surface area contributed by atoms with Crippen LogP contribution in [0.15, 0.2) is 22.7 Å². The van der Waals surface area contributed by atoms with E-state index >= 15 is 0 Å². The average Bonchev–Trinajstić information content (AvgIpc) is 2.41. The highest BCUT2D eigenvalue weighted by Crippen LogP contribution is 2.26. The Morgan fingerprint density at radius 3 is 2.60 bits per heavy atom. The second-order valence-corrected chi connectivity index (χ2v) is 6.21. The van der Waals surface area contributed by atoms with E-state index in [0.29, 0.717) is 10.0 Å². The summed E-state index contributed by atoms with van der Waals surface area (Å²) in [5.74, 6) is 0.483. The van der Waals surface area contributed by atoms with Crippen LogP contribution in [0.5, 0.6) is 0 Å². The van der Waals surface area contributed by atoms with Gasteiger partial charge in [0.15, 0.2) is 0 Å². The van der Waals surface area contributed by atoms with Crippen LogP contribution in [-0.4, -0.2) is 16.9 Å². The minimum atomic E-state index is -0.497. The van der Waals surface area contributed by atoms with Crippen molar-refractivity contribution in [3.05, 3.63) is 38.3 Å². The third kappa shape index (κ3) is 3.56. The van der Waals surface area contributed by atoms with Crippen LogP contribution in [0.3, 0.4) is 0 Å². The number of hydrogen-bond acceptors (Lipinski definition) is 3. The van der Waals surface area contributed by atoms with E-state index in [1.54, 1.807) is 6.07 Å². The van der Waals surface area contributed by atoms with Crippen LogP contribution >= 0.6 is 15.9 Å². The molecule has 6 heteroatoms. The molecule has 5 nitrogen and oxygen atoms in total. The van der Waals surface area contributed by atoms with E-state index in [-0.39, 0.29) is 17.6 Å². The van der Waals surface area contributed by atoms with Crippen LogP contribution < -0.4 is 5.32 Å². The smallest absolute Gasteiger partial charge is 0.284 e. The van der Waals surface area contributed by atoms with Gasteiger partial charge in [-0.3, -0.25) is 14.9 Å². The van der Waals surface area contributed by atoms with E-state index in [1.165, 1.54) is 12.1 Å². The van der Waals surface area contributed by atoms with Crippen LogP contribution in [0.4, 0.5) is 5.69 Å². The second-order valence-electron chi connectivity index (χ2n) is 5.35. The molecule has 0 radical (unpaired) electrons. The van der Waals surface area contributed by atoms with Gasteiger partial charge < -0.3 is 5.32 Å². The van der Waals surface area contributed by atoms with Gasteiger partial charge in [0.1, 0.15) is 0 Å². The first kappa shape index (κ1) is 15.0. The lowest BCUT2D eigenvalue weighted by molar-refractivity contribution is -0.385. The van der Waals surface area contributed by atoms with Crippen molar-refractivity contribution in [3.8, 4) is 0 Å². The predicted octanol–water partition coefficient (Wildman–Crippen LogP) is 3.67. The summed E-state index contributed by atoms with van der Waals surface area (Å²) in [6.07, 6.45) is 4.19. The van der Waals surface area contributed by atoms with Crippen molar-refractivity contribution in [2.75, 3.05) is 0 Å². The Bertz CT molecular complexity index is 525. The molecule has 0 aromatic heterocycles. The number of carbonyl (C=O) groups excluding carboxylic acids is 1. The van der Waals surface area contributed by atoms with Gasteiger partial charge >= 0.3 is 0 Å². The second kappa shape index (κ2) is 6.35. The van der Waals surface area contributed by atoms with Gasteiger partial charge in [0.25, 0.3) is 11.6 Å². The molecule has 0 bridgehead atoms. The maximum absolute atomic E-state index is 12.1. The summed E-state index contributed by atoms with van der Waals surface area (Å²) in [5, 5.41) is 13.8. The molecule has 1 aliphatic rings. The van der Waals surface area contributed by atoms with Crippen molar-refractivity contribution in [2.45, 2.75) is 38.6 Å². The Labute approximate surface area is 126 Å². The molecule has 0 spiro atoms. The molecule has 0 atom stereocenters. The molecular formula is C14H17BrN2O3. The number of amides is 1. The Hall–Kier alpha value is -1.43. The molecule has 1 amide bonds. The molecule has 0 saturated heterocycles. The largest absolute Gasteiger partial charge is 0.349 e. The van der Waals surface area contributed by atoms with Crippen LogP contribution in [0.25, 0.3) is 0 Å². The maximum Gasteiger partial charge on any atom is 0.284 e. The van der Waals surface area contributed by atoms with Crippen LogP contribution in [0, 0.1) is 16.0 Å². The van der Waals surface area contributed by atoms with Crippen molar-refractivity contribution in [1.29, 1.82) is 0 Å². The average molecular weight is 341 g/mol. The van der Waals surface area contributed by atoms with Gasteiger partial charge in [0.05, 0.1) is 9.40 Å². The molecule has 1 aromatic carbocycles. The van der Waals surface area contributed by atoms with E-state index in [0.717, 1.165) is 31.6 Å². The van der Waals surface area contributed by atoms with E-state index in [9.17, 15) is 14.9 Å². The van der Waals surface area contributed by atoms with Gasteiger partial charge in [0.2, 0.25) is 0 Å². The van der Waals surface area contributed by atoms with Crippen molar-refractivity contribution >= 4 is 27.5 Å². The Balaban J connectivity index is 2.06. The summed E-state index contributed by atoms with van der Waals surface area (Å²) in [6, 6.07) is 4.63. The summed E-state index contributed by atoms with van der Waals surface area (Å²) in [7, 11) is 0. The number of hydrogen-bond donors (Lipinski definition) is 1. The van der Waals surface area contributed by atoms with Crippen LogP contribution in [0.2, 0.25) is 0 Å². The van der Waals surface area contributed by atoms with Gasteiger partial charge in [-0.1, -0.05) is 6.92 Å².